The number of likely N-dealkylation sites (tertiary alicyclic amines) is 2. The molecule has 4 aromatic carbocycles. The summed E-state index contributed by atoms with van der Waals surface area (Å²) in [5.41, 5.74) is 4.15. The second-order valence-corrected chi connectivity index (χ2v) is 25.3. The Morgan fingerprint density at radius 1 is 0.543 bits per heavy atom. The maximum atomic E-state index is 15.9. The third kappa shape index (κ3) is 18.0. The van der Waals surface area contributed by atoms with Crippen LogP contribution in [-0.4, -0.2) is 106 Å². The van der Waals surface area contributed by atoms with Crippen molar-refractivity contribution in [1.29, 1.82) is 0 Å². The Kier molecular flexibility index (Phi) is 24.2. The molecule has 14 nitrogen and oxygen atoms in total. The second-order valence-electron chi connectivity index (χ2n) is 25.3. The molecular weight excluding hydrogens is 1200 g/mol. The summed E-state index contributed by atoms with van der Waals surface area (Å²) in [4.78, 5) is 82.5. The first-order valence-corrected chi connectivity index (χ1v) is 31.0. The molecule has 2 aromatic heterocycles. The molecule has 0 bridgehead atoms. The van der Waals surface area contributed by atoms with Gasteiger partial charge in [0.25, 0.3) is 11.1 Å². The smallest absolute Gasteiger partial charge is 0.308 e. The van der Waals surface area contributed by atoms with Crippen molar-refractivity contribution in [3.63, 3.8) is 0 Å². The van der Waals surface area contributed by atoms with Gasteiger partial charge in [0.1, 0.15) is 47.7 Å². The minimum absolute atomic E-state index is 0.0146. The standard InChI is InChI=1S/C36H43F4N3O4.C34H39F4N3O4/c1-7-47-32(44)16-30(28-15-25(11-23(6)34(28)40)33-21(4)12-26(37)13-22(33)5)41-35(45)31(10-20(2)3)43-17-24(14-29(39)36(43)46)8-9-42-18-27(38)19-42;1-18(2)8-29(41-15-22(12-27(37)34(41)45)6-7-40-16-25(36)17-40)33(44)39-28(14-30(42)43)26-13-23(9-21(5)32(26)38)31-19(3)10-24(35)11-20(31)4/h11-15,17,20,27,30-31H,7-10,16,18-19H2,1-6H3,(H,41,45);9-13,15,18,25,28-29H,6-8,14,16-17H2,1-5H3,(H,39,44)(H,42,43)/t30-,31?;28-,29?/m00/s1. The maximum Gasteiger partial charge on any atom is 0.308 e. The van der Waals surface area contributed by atoms with Gasteiger partial charge >= 0.3 is 11.9 Å². The van der Waals surface area contributed by atoms with Gasteiger partial charge in [0.15, 0.2) is 11.6 Å². The topological polar surface area (TPSA) is 172 Å². The van der Waals surface area contributed by atoms with Crippen molar-refractivity contribution in [1.82, 2.24) is 29.6 Å². The number of hydrogen-bond acceptors (Lipinski definition) is 9. The lowest BCUT2D eigenvalue weighted by Crippen LogP contribution is -2.49. The van der Waals surface area contributed by atoms with Crippen molar-refractivity contribution in [2.45, 2.75) is 151 Å². The highest BCUT2D eigenvalue weighted by molar-refractivity contribution is 5.83. The molecule has 92 heavy (non-hydrogen) atoms. The molecule has 0 radical (unpaired) electrons. The van der Waals surface area contributed by atoms with Gasteiger partial charge in [-0.25, -0.2) is 35.1 Å². The Hall–Kier alpha value is -7.98. The van der Waals surface area contributed by atoms with Gasteiger partial charge in [0, 0.05) is 62.8 Å². The lowest BCUT2D eigenvalue weighted by molar-refractivity contribution is -0.144. The Morgan fingerprint density at radius 3 is 1.23 bits per heavy atom. The summed E-state index contributed by atoms with van der Waals surface area (Å²) in [5.74, 6) is -7.97. The van der Waals surface area contributed by atoms with E-state index < -0.39 is 119 Å². The number of aryl methyl sites for hydroxylation is 6. The van der Waals surface area contributed by atoms with Crippen molar-refractivity contribution in [3.05, 3.63) is 184 Å². The third-order valence-electron chi connectivity index (χ3n) is 16.6. The monoisotopic (exact) mass is 1290 g/mol. The fourth-order valence-corrected chi connectivity index (χ4v) is 12.2. The first-order chi connectivity index (χ1) is 43.3. The molecule has 2 saturated heterocycles. The fourth-order valence-electron chi connectivity index (χ4n) is 12.2. The van der Waals surface area contributed by atoms with Gasteiger partial charge in [-0.3, -0.25) is 38.6 Å². The quantitative estimate of drug-likeness (QED) is 0.0370. The van der Waals surface area contributed by atoms with E-state index in [4.69, 9.17) is 4.74 Å². The summed E-state index contributed by atoms with van der Waals surface area (Å²) in [7, 11) is 0. The summed E-state index contributed by atoms with van der Waals surface area (Å²) in [6, 6.07) is 8.90. The molecule has 2 fully saturated rings. The summed E-state index contributed by atoms with van der Waals surface area (Å²) in [6.45, 7) is 21.0. The minimum atomic E-state index is -1.34. The van der Waals surface area contributed by atoms with E-state index in [0.717, 1.165) is 21.3 Å². The zero-order valence-electron chi connectivity index (χ0n) is 53.9. The van der Waals surface area contributed by atoms with E-state index in [0.29, 0.717) is 94.7 Å². The number of hydrogen-bond donors (Lipinski definition) is 3. The van der Waals surface area contributed by atoms with Crippen LogP contribution in [0.25, 0.3) is 22.3 Å². The maximum absolute atomic E-state index is 15.9. The molecule has 0 aliphatic carbocycles. The van der Waals surface area contributed by atoms with Crippen LogP contribution in [0.2, 0.25) is 0 Å². The molecule has 4 heterocycles. The number of benzene rings is 4. The predicted octanol–water partition coefficient (Wildman–Crippen LogP) is 12.4. The van der Waals surface area contributed by atoms with Crippen LogP contribution in [0, 0.1) is 88.3 Å². The molecule has 2 amide bonds. The lowest BCUT2D eigenvalue weighted by Gasteiger charge is -2.34. The molecular formula is C70H82F8N6O8. The first kappa shape index (κ1) is 71.5. The number of carbonyl (C=O) groups is 4. The molecule has 3 N–H and O–H groups in total. The normalized spacial score (nSPS) is 15.1. The molecule has 22 heteroatoms. The molecule has 0 saturated carbocycles. The summed E-state index contributed by atoms with van der Waals surface area (Å²) in [6.07, 6.45) is 0.892. The molecule has 496 valence electrons. The van der Waals surface area contributed by atoms with E-state index >= 15 is 8.78 Å². The van der Waals surface area contributed by atoms with Gasteiger partial charge in [-0.1, -0.05) is 27.7 Å². The average Bonchev–Trinajstić information content (AvgIpc) is 0.805. The highest BCUT2D eigenvalue weighted by atomic mass is 19.2. The van der Waals surface area contributed by atoms with Crippen LogP contribution in [0.15, 0.2) is 82.6 Å². The number of carbonyl (C=O) groups excluding carboxylic acids is 3. The number of pyridine rings is 2. The number of nitrogens with zero attached hydrogens (tertiary/aromatic N) is 4. The number of aromatic nitrogens is 2. The Labute approximate surface area is 531 Å². The number of ether oxygens (including phenoxy) is 1. The van der Waals surface area contributed by atoms with E-state index in [9.17, 15) is 60.2 Å². The molecule has 4 atom stereocenters. The van der Waals surface area contributed by atoms with Gasteiger partial charge in [-0.05, 0) is 213 Å². The van der Waals surface area contributed by atoms with Crippen LogP contribution < -0.4 is 21.8 Å². The number of rotatable bonds is 25. The number of aliphatic carboxylic acids is 1. The van der Waals surface area contributed by atoms with E-state index in [-0.39, 0.29) is 66.6 Å². The zero-order chi connectivity index (χ0) is 67.7. The van der Waals surface area contributed by atoms with E-state index in [1.165, 1.54) is 55.7 Å². The van der Waals surface area contributed by atoms with Crippen LogP contribution in [0.3, 0.4) is 0 Å². The number of carboxylic acids is 1. The number of halogens is 8. The van der Waals surface area contributed by atoms with Crippen molar-refractivity contribution < 1.29 is 64.1 Å². The first-order valence-electron chi connectivity index (χ1n) is 31.0. The number of amides is 2. The van der Waals surface area contributed by atoms with Crippen LogP contribution in [0.1, 0.15) is 140 Å². The number of esters is 1. The average molecular weight is 1290 g/mol. The van der Waals surface area contributed by atoms with E-state index in [2.05, 4.69) is 10.6 Å². The number of carboxylic acid groups (broad SMARTS) is 1. The summed E-state index contributed by atoms with van der Waals surface area (Å²) < 4.78 is 123. The van der Waals surface area contributed by atoms with Crippen LogP contribution in [-0.2, 0) is 36.8 Å². The minimum Gasteiger partial charge on any atom is -0.481 e. The molecule has 2 aliphatic rings. The largest absolute Gasteiger partial charge is 0.481 e. The van der Waals surface area contributed by atoms with Gasteiger partial charge in [-0.15, -0.1) is 0 Å². The molecule has 6 aromatic rings. The van der Waals surface area contributed by atoms with Crippen molar-refractivity contribution in [2.24, 2.45) is 11.8 Å². The van der Waals surface area contributed by atoms with Gasteiger partial charge in [0.05, 0.1) is 31.5 Å². The fraction of sp³-hybridized carbons (Fsp3) is 0.457. The molecule has 2 unspecified atom stereocenters. The molecule has 2 aliphatic heterocycles. The number of alkyl halides is 2. The Balaban J connectivity index is 0.000000261. The Bertz CT molecular complexity index is 3780. The van der Waals surface area contributed by atoms with Crippen LogP contribution in [0.5, 0.6) is 0 Å². The van der Waals surface area contributed by atoms with Crippen LogP contribution >= 0.6 is 0 Å². The summed E-state index contributed by atoms with van der Waals surface area (Å²) in [5, 5.41) is 15.2. The second kappa shape index (κ2) is 31.1. The predicted molar refractivity (Wildman–Crippen MR) is 336 cm³/mol. The molecule has 0 spiro atoms. The molecule has 8 rings (SSSR count). The van der Waals surface area contributed by atoms with E-state index in [1.807, 2.05) is 37.5 Å². The van der Waals surface area contributed by atoms with Crippen molar-refractivity contribution >= 4 is 23.8 Å². The van der Waals surface area contributed by atoms with Crippen molar-refractivity contribution in [2.75, 3.05) is 45.9 Å². The SMILES string of the molecule is CCOC(=O)C[C@H](NC(=O)C(CC(C)C)n1cc(CCN2CC(F)C2)cc(F)c1=O)c1cc(-c2c(C)cc(F)cc2C)cc(C)c1F.Cc1cc(-c2c(C)cc(F)cc2C)cc([C@H](CC(=O)O)NC(=O)C(CC(C)C)n2cc(CCN3CC(F)C3)cc(F)c2=O)c1F. The van der Waals surface area contributed by atoms with Crippen molar-refractivity contribution in [3.8, 4) is 22.3 Å². The highest BCUT2D eigenvalue weighted by Crippen LogP contribution is 2.37. The van der Waals surface area contributed by atoms with Gasteiger partial charge in [-0.2, -0.15) is 0 Å². The van der Waals surface area contributed by atoms with Gasteiger partial charge < -0.3 is 29.6 Å². The summed E-state index contributed by atoms with van der Waals surface area (Å²) >= 11 is 0. The lowest BCUT2D eigenvalue weighted by atomic mass is 9.90. The van der Waals surface area contributed by atoms with Gasteiger partial charge in [0.2, 0.25) is 11.8 Å². The highest BCUT2D eigenvalue weighted by Gasteiger charge is 2.34. The zero-order valence-corrected chi connectivity index (χ0v) is 53.9. The number of nitrogens with one attached hydrogen (secondary N) is 2. The van der Waals surface area contributed by atoms with Crippen LogP contribution in [0.4, 0.5) is 35.1 Å². The Morgan fingerprint density at radius 2 is 0.902 bits per heavy atom. The third-order valence-corrected chi connectivity index (χ3v) is 16.6. The van der Waals surface area contributed by atoms with E-state index in [1.54, 1.807) is 53.7 Å².